The van der Waals surface area contributed by atoms with Crippen LogP contribution in [0.25, 0.3) is 16.6 Å². The Morgan fingerprint density at radius 1 is 1.04 bits per heavy atom. The number of fused-ring (bicyclic) bond motifs is 1. The lowest BCUT2D eigenvalue weighted by atomic mass is 9.95. The Labute approximate surface area is 142 Å². The quantitative estimate of drug-likeness (QED) is 0.706. The van der Waals surface area contributed by atoms with Crippen molar-refractivity contribution in [3.63, 3.8) is 0 Å². The van der Waals surface area contributed by atoms with Gasteiger partial charge in [-0.15, -0.1) is 10.2 Å². The van der Waals surface area contributed by atoms with Crippen molar-refractivity contribution in [3.05, 3.63) is 43.1 Å². The fourth-order valence-electron chi connectivity index (χ4n) is 3.72. The second kappa shape index (κ2) is 7.18. The van der Waals surface area contributed by atoms with E-state index in [4.69, 9.17) is 0 Å². The molecule has 0 saturated heterocycles. The molecular formula is C19H25N5. The third kappa shape index (κ3) is 3.36. The van der Waals surface area contributed by atoms with Crippen molar-refractivity contribution in [2.45, 2.75) is 51.1 Å². The van der Waals surface area contributed by atoms with Gasteiger partial charge in [0.15, 0.2) is 0 Å². The molecule has 0 unspecified atom stereocenters. The highest BCUT2D eigenvalue weighted by atomic mass is 15.2. The van der Waals surface area contributed by atoms with Gasteiger partial charge in [-0.2, -0.15) is 0 Å². The summed E-state index contributed by atoms with van der Waals surface area (Å²) in [4.78, 5) is 0. The molecular weight excluding hydrogens is 298 g/mol. The van der Waals surface area contributed by atoms with Gasteiger partial charge in [0.2, 0.25) is 0 Å². The number of hydrogen-bond acceptors (Lipinski definition) is 3. The molecule has 1 fully saturated rings. The standard InChI is InChI=1S/C19H25N5/c1-2-5-17(6-3-1)20-10-4-11-23-12-9-16-7-8-18(13-19(16)23)24-14-21-22-15-24/h7-9,12-15,17,20H,1-6,10-11H2. The molecule has 0 bridgehead atoms. The van der Waals surface area contributed by atoms with Crippen molar-refractivity contribution in [1.29, 1.82) is 0 Å². The van der Waals surface area contributed by atoms with Gasteiger partial charge in [0.05, 0.1) is 11.2 Å². The lowest BCUT2D eigenvalue weighted by Crippen LogP contribution is -2.32. The molecule has 1 saturated carbocycles. The van der Waals surface area contributed by atoms with E-state index in [-0.39, 0.29) is 0 Å². The van der Waals surface area contributed by atoms with E-state index < -0.39 is 0 Å². The fourth-order valence-corrected chi connectivity index (χ4v) is 3.72. The van der Waals surface area contributed by atoms with Crippen molar-refractivity contribution in [2.75, 3.05) is 6.54 Å². The van der Waals surface area contributed by atoms with Crippen LogP contribution in [0.1, 0.15) is 38.5 Å². The van der Waals surface area contributed by atoms with E-state index in [9.17, 15) is 0 Å². The summed E-state index contributed by atoms with van der Waals surface area (Å²) >= 11 is 0. The van der Waals surface area contributed by atoms with Crippen molar-refractivity contribution in [1.82, 2.24) is 24.6 Å². The van der Waals surface area contributed by atoms with Crippen LogP contribution < -0.4 is 5.32 Å². The number of hydrogen-bond donors (Lipinski definition) is 1. The minimum Gasteiger partial charge on any atom is -0.347 e. The zero-order chi connectivity index (χ0) is 16.2. The highest BCUT2D eigenvalue weighted by Crippen LogP contribution is 2.20. The molecule has 2 aromatic heterocycles. The fraction of sp³-hybridized carbons (Fsp3) is 0.474. The summed E-state index contributed by atoms with van der Waals surface area (Å²) in [5, 5.41) is 12.8. The van der Waals surface area contributed by atoms with E-state index >= 15 is 0 Å². The zero-order valence-electron chi connectivity index (χ0n) is 14.1. The first-order valence-corrected chi connectivity index (χ1v) is 9.07. The van der Waals surface area contributed by atoms with E-state index in [0.29, 0.717) is 0 Å². The molecule has 126 valence electrons. The smallest absolute Gasteiger partial charge is 0.123 e. The van der Waals surface area contributed by atoms with Crippen LogP contribution in [0.3, 0.4) is 0 Å². The Balaban J connectivity index is 1.39. The van der Waals surface area contributed by atoms with Gasteiger partial charge in [0, 0.05) is 18.8 Å². The van der Waals surface area contributed by atoms with Crippen LogP contribution in [0.5, 0.6) is 0 Å². The maximum atomic E-state index is 3.89. The molecule has 0 spiro atoms. The predicted octanol–water partition coefficient (Wildman–Crippen LogP) is 3.53. The number of aryl methyl sites for hydroxylation is 1. The first-order chi connectivity index (χ1) is 11.9. The molecule has 0 atom stereocenters. The monoisotopic (exact) mass is 323 g/mol. The van der Waals surface area contributed by atoms with Gasteiger partial charge in [-0.1, -0.05) is 25.3 Å². The Morgan fingerprint density at radius 2 is 1.88 bits per heavy atom. The normalized spacial score (nSPS) is 16.0. The van der Waals surface area contributed by atoms with Gasteiger partial charge in [-0.25, -0.2) is 0 Å². The minimum atomic E-state index is 0.750. The molecule has 1 aliphatic rings. The van der Waals surface area contributed by atoms with Crippen LogP contribution in [0.2, 0.25) is 0 Å². The third-order valence-corrected chi connectivity index (χ3v) is 5.09. The van der Waals surface area contributed by atoms with E-state index in [1.54, 1.807) is 12.7 Å². The highest BCUT2D eigenvalue weighted by Gasteiger charge is 2.12. The van der Waals surface area contributed by atoms with Crippen LogP contribution in [0, 0.1) is 0 Å². The predicted molar refractivity (Wildman–Crippen MR) is 96.3 cm³/mol. The van der Waals surface area contributed by atoms with Gasteiger partial charge in [0.25, 0.3) is 0 Å². The molecule has 1 N–H and O–H groups in total. The van der Waals surface area contributed by atoms with Crippen LogP contribution in [0.15, 0.2) is 43.1 Å². The molecule has 0 radical (unpaired) electrons. The van der Waals surface area contributed by atoms with Crippen LogP contribution in [0.4, 0.5) is 0 Å². The van der Waals surface area contributed by atoms with Crippen LogP contribution >= 0.6 is 0 Å². The number of nitrogens with one attached hydrogen (secondary N) is 1. The molecule has 0 amide bonds. The molecule has 4 rings (SSSR count). The maximum absolute atomic E-state index is 3.89. The van der Waals surface area contributed by atoms with Crippen molar-refractivity contribution in [3.8, 4) is 5.69 Å². The summed E-state index contributed by atoms with van der Waals surface area (Å²) in [6, 6.07) is 9.44. The third-order valence-electron chi connectivity index (χ3n) is 5.09. The first kappa shape index (κ1) is 15.4. The van der Waals surface area contributed by atoms with Crippen LogP contribution in [-0.2, 0) is 6.54 Å². The molecule has 3 aromatic rings. The van der Waals surface area contributed by atoms with E-state index in [2.05, 4.69) is 50.5 Å². The average Bonchev–Trinajstić information content (AvgIpc) is 3.29. The Bertz CT molecular complexity index is 768. The van der Waals surface area contributed by atoms with Crippen molar-refractivity contribution in [2.24, 2.45) is 0 Å². The molecule has 1 aromatic carbocycles. The minimum absolute atomic E-state index is 0.750. The molecule has 0 aliphatic heterocycles. The first-order valence-electron chi connectivity index (χ1n) is 9.07. The topological polar surface area (TPSA) is 47.7 Å². The summed E-state index contributed by atoms with van der Waals surface area (Å²) in [6.07, 6.45) is 13.8. The Morgan fingerprint density at radius 3 is 2.71 bits per heavy atom. The highest BCUT2D eigenvalue weighted by molar-refractivity contribution is 5.82. The largest absolute Gasteiger partial charge is 0.347 e. The molecule has 5 heteroatoms. The van der Waals surface area contributed by atoms with Gasteiger partial charge in [0.1, 0.15) is 12.7 Å². The summed E-state index contributed by atoms with van der Waals surface area (Å²) in [7, 11) is 0. The van der Waals surface area contributed by atoms with E-state index in [1.807, 2.05) is 4.57 Å². The number of nitrogens with zero attached hydrogens (tertiary/aromatic N) is 4. The van der Waals surface area contributed by atoms with Gasteiger partial charge in [-0.3, -0.25) is 4.57 Å². The van der Waals surface area contributed by atoms with Crippen LogP contribution in [-0.4, -0.2) is 31.9 Å². The maximum Gasteiger partial charge on any atom is 0.123 e. The van der Waals surface area contributed by atoms with E-state index in [0.717, 1.165) is 31.2 Å². The lowest BCUT2D eigenvalue weighted by Gasteiger charge is -2.22. The molecule has 1 aliphatic carbocycles. The average molecular weight is 323 g/mol. The summed E-state index contributed by atoms with van der Waals surface area (Å²) in [6.45, 7) is 2.16. The Hall–Kier alpha value is -2.14. The van der Waals surface area contributed by atoms with E-state index in [1.165, 1.54) is 43.0 Å². The zero-order valence-corrected chi connectivity index (χ0v) is 14.1. The number of benzene rings is 1. The molecule has 5 nitrogen and oxygen atoms in total. The molecule has 2 heterocycles. The second-order valence-corrected chi connectivity index (χ2v) is 6.76. The number of rotatable bonds is 6. The second-order valence-electron chi connectivity index (χ2n) is 6.76. The van der Waals surface area contributed by atoms with Gasteiger partial charge >= 0.3 is 0 Å². The summed E-state index contributed by atoms with van der Waals surface area (Å²) in [5.41, 5.74) is 2.38. The summed E-state index contributed by atoms with van der Waals surface area (Å²) in [5.74, 6) is 0. The molecule has 24 heavy (non-hydrogen) atoms. The van der Waals surface area contributed by atoms with Crippen molar-refractivity contribution >= 4 is 10.9 Å². The van der Waals surface area contributed by atoms with Gasteiger partial charge < -0.3 is 9.88 Å². The number of aromatic nitrogens is 4. The van der Waals surface area contributed by atoms with Gasteiger partial charge in [-0.05, 0) is 49.4 Å². The summed E-state index contributed by atoms with van der Waals surface area (Å²) < 4.78 is 4.30. The Kier molecular flexibility index (Phi) is 4.60. The van der Waals surface area contributed by atoms with Crippen molar-refractivity contribution < 1.29 is 0 Å². The SMILES string of the molecule is c1cc2ccn(CCCNC3CCCCC3)c2cc1-n1cnnc1. The lowest BCUT2D eigenvalue weighted by molar-refractivity contribution is 0.369.